The minimum absolute atomic E-state index is 0.172. The lowest BCUT2D eigenvalue weighted by molar-refractivity contribution is -0.137. The molecule has 1 rings (SSSR count). The Bertz CT molecular complexity index is 544. The van der Waals surface area contributed by atoms with Crippen LogP contribution in [0.15, 0.2) is 18.2 Å². The molecule has 1 aromatic rings. The van der Waals surface area contributed by atoms with Gasteiger partial charge in [-0.05, 0) is 5.41 Å². The van der Waals surface area contributed by atoms with E-state index in [1.807, 2.05) is 20.8 Å². The van der Waals surface area contributed by atoms with Gasteiger partial charge in [0, 0.05) is 13.1 Å². The molecule has 6 nitrogen and oxygen atoms in total. The van der Waals surface area contributed by atoms with Crippen molar-refractivity contribution in [1.29, 1.82) is 0 Å². The van der Waals surface area contributed by atoms with Crippen LogP contribution in [0.2, 0.25) is 5.15 Å². The van der Waals surface area contributed by atoms with Crippen LogP contribution in [0, 0.1) is 5.41 Å². The molecule has 0 aliphatic carbocycles. The number of hydrogen-bond acceptors (Lipinski definition) is 3. The third-order valence-corrected chi connectivity index (χ3v) is 2.61. The van der Waals surface area contributed by atoms with Gasteiger partial charge in [-0.15, -0.1) is 0 Å². The molecule has 2 N–H and O–H groups in total. The molecule has 0 fully saturated rings. The lowest BCUT2D eigenvalue weighted by Gasteiger charge is -2.15. The Morgan fingerprint density at radius 2 is 2.10 bits per heavy atom. The molecule has 0 radical (unpaired) electrons. The highest BCUT2D eigenvalue weighted by Gasteiger charge is 2.21. The molecule has 0 saturated heterocycles. The van der Waals surface area contributed by atoms with Crippen LogP contribution in [-0.2, 0) is 11.8 Å². The molecule has 0 aliphatic rings. The average molecular weight is 300 g/mol. The van der Waals surface area contributed by atoms with Crippen molar-refractivity contribution in [2.75, 3.05) is 0 Å². The highest BCUT2D eigenvalue weighted by atomic mass is 35.5. The largest absolute Gasteiger partial charge is 0.479 e. The van der Waals surface area contributed by atoms with E-state index >= 15 is 0 Å². The maximum absolute atomic E-state index is 12.0. The van der Waals surface area contributed by atoms with E-state index in [-0.39, 0.29) is 16.3 Å². The SMILES string of the molecule is Cn1nc(Cl)cc1C(=O)NC(C=CC(C)(C)C)C(=O)O. The molecule has 1 aromatic heterocycles. The summed E-state index contributed by atoms with van der Waals surface area (Å²) in [7, 11) is 1.56. The Kier molecular flexibility index (Phi) is 4.94. The molecule has 0 saturated carbocycles. The van der Waals surface area contributed by atoms with E-state index in [1.54, 1.807) is 13.1 Å². The minimum atomic E-state index is -1.13. The van der Waals surface area contributed by atoms with Crippen molar-refractivity contribution < 1.29 is 14.7 Å². The van der Waals surface area contributed by atoms with E-state index < -0.39 is 17.9 Å². The van der Waals surface area contributed by atoms with Crippen molar-refractivity contribution >= 4 is 23.5 Å². The van der Waals surface area contributed by atoms with Crippen molar-refractivity contribution in [2.24, 2.45) is 12.5 Å². The zero-order valence-electron chi connectivity index (χ0n) is 11.8. The van der Waals surface area contributed by atoms with Gasteiger partial charge in [0.2, 0.25) is 0 Å². The van der Waals surface area contributed by atoms with Crippen molar-refractivity contribution in [3.05, 3.63) is 29.1 Å². The number of carboxylic acid groups (broad SMARTS) is 1. The normalized spacial score (nSPS) is 13.4. The third kappa shape index (κ3) is 4.70. The fraction of sp³-hybridized carbons (Fsp3) is 0.462. The topological polar surface area (TPSA) is 84.2 Å². The smallest absolute Gasteiger partial charge is 0.330 e. The van der Waals surface area contributed by atoms with Gasteiger partial charge in [0.05, 0.1) is 0 Å². The standard InChI is InChI=1S/C13H18ClN3O3/c1-13(2,3)6-5-8(12(19)20)15-11(18)9-7-10(14)16-17(9)4/h5-8H,1-4H3,(H,15,18)(H,19,20). The summed E-state index contributed by atoms with van der Waals surface area (Å²) in [6.07, 6.45) is 3.19. The van der Waals surface area contributed by atoms with Gasteiger partial charge in [-0.1, -0.05) is 44.5 Å². The van der Waals surface area contributed by atoms with Gasteiger partial charge in [-0.25, -0.2) is 4.79 Å². The van der Waals surface area contributed by atoms with Crippen LogP contribution in [0.3, 0.4) is 0 Å². The number of nitrogens with one attached hydrogen (secondary N) is 1. The number of hydrogen-bond donors (Lipinski definition) is 2. The highest BCUT2D eigenvalue weighted by molar-refractivity contribution is 6.29. The minimum Gasteiger partial charge on any atom is -0.479 e. The Labute approximate surface area is 122 Å². The Hall–Kier alpha value is -1.82. The number of amides is 1. The van der Waals surface area contributed by atoms with E-state index in [2.05, 4.69) is 10.4 Å². The number of allylic oxidation sites excluding steroid dienone is 1. The first-order valence-electron chi connectivity index (χ1n) is 6.03. The van der Waals surface area contributed by atoms with Crippen LogP contribution in [0.25, 0.3) is 0 Å². The molecule has 0 bridgehead atoms. The molecular formula is C13H18ClN3O3. The maximum Gasteiger partial charge on any atom is 0.330 e. The lowest BCUT2D eigenvalue weighted by atomic mass is 9.95. The summed E-state index contributed by atoms with van der Waals surface area (Å²) in [6, 6.07) is 0.277. The zero-order chi connectivity index (χ0) is 15.5. The summed E-state index contributed by atoms with van der Waals surface area (Å²) >= 11 is 5.69. The molecular weight excluding hydrogens is 282 g/mol. The lowest BCUT2D eigenvalue weighted by Crippen LogP contribution is -2.40. The predicted molar refractivity (Wildman–Crippen MR) is 75.7 cm³/mol. The highest BCUT2D eigenvalue weighted by Crippen LogP contribution is 2.15. The summed E-state index contributed by atoms with van der Waals surface area (Å²) < 4.78 is 1.30. The molecule has 0 aliphatic heterocycles. The molecule has 1 amide bonds. The van der Waals surface area contributed by atoms with E-state index in [4.69, 9.17) is 16.7 Å². The molecule has 1 unspecified atom stereocenters. The second-order valence-electron chi connectivity index (χ2n) is 5.49. The number of carboxylic acids is 1. The summed E-state index contributed by atoms with van der Waals surface area (Å²) in [5, 5.41) is 15.5. The first kappa shape index (κ1) is 16.2. The second kappa shape index (κ2) is 6.09. The van der Waals surface area contributed by atoms with Crippen LogP contribution in [0.5, 0.6) is 0 Å². The average Bonchev–Trinajstić information content (AvgIpc) is 2.61. The number of carbonyl (C=O) groups is 2. The third-order valence-electron chi connectivity index (χ3n) is 2.42. The number of nitrogens with zero attached hydrogens (tertiary/aromatic N) is 2. The summed E-state index contributed by atoms with van der Waals surface area (Å²) in [6.45, 7) is 5.81. The van der Waals surface area contributed by atoms with Crippen molar-refractivity contribution in [3.8, 4) is 0 Å². The summed E-state index contributed by atoms with van der Waals surface area (Å²) in [5.41, 5.74) is 0.0271. The fourth-order valence-corrected chi connectivity index (χ4v) is 1.65. The quantitative estimate of drug-likeness (QED) is 0.831. The molecule has 0 spiro atoms. The summed E-state index contributed by atoms with van der Waals surface area (Å²) in [4.78, 5) is 23.1. The van der Waals surface area contributed by atoms with Gasteiger partial charge in [-0.2, -0.15) is 5.10 Å². The van der Waals surface area contributed by atoms with Gasteiger partial charge in [0.25, 0.3) is 5.91 Å². The second-order valence-corrected chi connectivity index (χ2v) is 5.88. The molecule has 20 heavy (non-hydrogen) atoms. The van der Waals surface area contributed by atoms with Gasteiger partial charge in [-0.3, -0.25) is 9.48 Å². The first-order valence-corrected chi connectivity index (χ1v) is 6.40. The van der Waals surface area contributed by atoms with E-state index in [0.717, 1.165) is 0 Å². The predicted octanol–water partition coefficient (Wildman–Crippen LogP) is 1.86. The van der Waals surface area contributed by atoms with Crippen LogP contribution in [0.4, 0.5) is 0 Å². The van der Waals surface area contributed by atoms with E-state index in [1.165, 1.54) is 16.8 Å². The number of aromatic nitrogens is 2. The van der Waals surface area contributed by atoms with Gasteiger partial charge in [0.15, 0.2) is 5.15 Å². The number of halogens is 1. The molecule has 0 aromatic carbocycles. The zero-order valence-corrected chi connectivity index (χ0v) is 12.6. The Morgan fingerprint density at radius 1 is 1.50 bits per heavy atom. The summed E-state index contributed by atoms with van der Waals surface area (Å²) in [5.74, 6) is -1.68. The number of carbonyl (C=O) groups excluding carboxylic acids is 1. The van der Waals surface area contributed by atoms with Crippen LogP contribution >= 0.6 is 11.6 Å². The number of aryl methyl sites for hydroxylation is 1. The van der Waals surface area contributed by atoms with Gasteiger partial charge >= 0.3 is 5.97 Å². The number of aliphatic carboxylic acids is 1. The van der Waals surface area contributed by atoms with Crippen molar-refractivity contribution in [3.63, 3.8) is 0 Å². The Morgan fingerprint density at radius 3 is 2.50 bits per heavy atom. The molecule has 1 atom stereocenters. The molecule has 1 heterocycles. The van der Waals surface area contributed by atoms with Crippen LogP contribution < -0.4 is 5.32 Å². The van der Waals surface area contributed by atoms with E-state index in [9.17, 15) is 9.59 Å². The number of rotatable bonds is 4. The van der Waals surface area contributed by atoms with Gasteiger partial charge < -0.3 is 10.4 Å². The molecule has 7 heteroatoms. The monoisotopic (exact) mass is 299 g/mol. The van der Waals surface area contributed by atoms with Crippen molar-refractivity contribution in [1.82, 2.24) is 15.1 Å². The maximum atomic E-state index is 12.0. The van der Waals surface area contributed by atoms with Crippen LogP contribution in [-0.4, -0.2) is 32.8 Å². The fourth-order valence-electron chi connectivity index (χ4n) is 1.44. The first-order chi connectivity index (χ1) is 9.10. The Balaban J connectivity index is 2.86. The molecule has 110 valence electrons. The van der Waals surface area contributed by atoms with E-state index in [0.29, 0.717) is 0 Å². The van der Waals surface area contributed by atoms with Crippen molar-refractivity contribution in [2.45, 2.75) is 26.8 Å². The van der Waals surface area contributed by atoms with Gasteiger partial charge in [0.1, 0.15) is 11.7 Å². The van der Waals surface area contributed by atoms with Crippen LogP contribution in [0.1, 0.15) is 31.3 Å².